The number of nitrogens with one attached hydrogen (secondary N) is 1. The molecule has 0 radical (unpaired) electrons. The van der Waals surface area contributed by atoms with Gasteiger partial charge in [0.1, 0.15) is 6.61 Å². The minimum absolute atomic E-state index is 0.0647. The summed E-state index contributed by atoms with van der Waals surface area (Å²) in [4.78, 5) is 11.3. The van der Waals surface area contributed by atoms with Gasteiger partial charge < -0.3 is 15.2 Å². The summed E-state index contributed by atoms with van der Waals surface area (Å²) in [6, 6.07) is 0. The van der Waals surface area contributed by atoms with E-state index in [2.05, 4.69) is 10.1 Å². The third-order valence-corrected chi connectivity index (χ3v) is 2.56. The van der Waals surface area contributed by atoms with Gasteiger partial charge in [0.25, 0.3) is 0 Å². The largest absolute Gasteiger partial charge is 0.411 e. The molecule has 0 aliphatic heterocycles. The smallest absolute Gasteiger partial charge is 0.396 e. The second-order valence-electron chi connectivity index (χ2n) is 4.39. The SMILES string of the molecule is CCCC(CCO)CNC(=O)CCOCC(F)(F)F. The van der Waals surface area contributed by atoms with Crippen molar-refractivity contribution in [2.45, 2.75) is 38.8 Å². The Hall–Kier alpha value is -0.820. The van der Waals surface area contributed by atoms with Crippen LogP contribution < -0.4 is 5.32 Å². The van der Waals surface area contributed by atoms with E-state index in [9.17, 15) is 18.0 Å². The summed E-state index contributed by atoms with van der Waals surface area (Å²) in [6.07, 6.45) is -1.99. The molecule has 0 spiro atoms. The quantitative estimate of drug-likeness (QED) is 0.602. The number of carbonyl (C=O) groups is 1. The van der Waals surface area contributed by atoms with E-state index < -0.39 is 12.8 Å². The fourth-order valence-corrected chi connectivity index (χ4v) is 1.64. The van der Waals surface area contributed by atoms with E-state index in [1.54, 1.807) is 0 Å². The van der Waals surface area contributed by atoms with Crippen LogP contribution in [-0.2, 0) is 9.53 Å². The van der Waals surface area contributed by atoms with Gasteiger partial charge in [-0.3, -0.25) is 4.79 Å². The Morgan fingerprint density at radius 3 is 2.58 bits per heavy atom. The number of halogens is 3. The Balaban J connectivity index is 3.67. The average Bonchev–Trinajstić information content (AvgIpc) is 2.31. The number of hydrogen-bond donors (Lipinski definition) is 2. The van der Waals surface area contributed by atoms with Gasteiger partial charge in [-0.1, -0.05) is 13.3 Å². The zero-order valence-electron chi connectivity index (χ0n) is 11.1. The summed E-state index contributed by atoms with van der Waals surface area (Å²) in [5, 5.41) is 11.5. The van der Waals surface area contributed by atoms with Gasteiger partial charge in [0, 0.05) is 19.6 Å². The second-order valence-corrected chi connectivity index (χ2v) is 4.39. The van der Waals surface area contributed by atoms with E-state index in [0.717, 1.165) is 12.8 Å². The lowest BCUT2D eigenvalue weighted by Gasteiger charge is -2.15. The molecule has 0 fully saturated rings. The maximum absolute atomic E-state index is 11.8. The molecule has 0 saturated heterocycles. The van der Waals surface area contributed by atoms with Crippen LogP contribution in [0.5, 0.6) is 0 Å². The summed E-state index contributed by atoms with van der Waals surface area (Å²) in [6.45, 7) is 0.936. The molecule has 7 heteroatoms. The van der Waals surface area contributed by atoms with Crippen LogP contribution in [0.1, 0.15) is 32.6 Å². The Labute approximate surface area is 111 Å². The van der Waals surface area contributed by atoms with Crippen molar-refractivity contribution in [2.75, 3.05) is 26.4 Å². The minimum atomic E-state index is -4.36. The predicted molar refractivity (Wildman–Crippen MR) is 64.6 cm³/mol. The molecule has 2 N–H and O–H groups in total. The van der Waals surface area contributed by atoms with Gasteiger partial charge in [-0.15, -0.1) is 0 Å². The number of alkyl halides is 3. The first-order valence-corrected chi connectivity index (χ1v) is 6.41. The van der Waals surface area contributed by atoms with Crippen LogP contribution in [-0.4, -0.2) is 43.6 Å². The lowest BCUT2D eigenvalue weighted by atomic mass is 10.0. The van der Waals surface area contributed by atoms with Crippen molar-refractivity contribution in [1.29, 1.82) is 0 Å². The number of rotatable bonds is 10. The third kappa shape index (κ3) is 12.0. The Morgan fingerprint density at radius 2 is 2.05 bits per heavy atom. The molecule has 0 rings (SSSR count). The highest BCUT2D eigenvalue weighted by atomic mass is 19.4. The fraction of sp³-hybridized carbons (Fsp3) is 0.917. The first-order chi connectivity index (χ1) is 8.89. The van der Waals surface area contributed by atoms with Crippen molar-refractivity contribution >= 4 is 5.91 Å². The van der Waals surface area contributed by atoms with Gasteiger partial charge in [0.2, 0.25) is 5.91 Å². The molecular formula is C12H22F3NO3. The first-order valence-electron chi connectivity index (χ1n) is 6.41. The molecule has 0 aliphatic rings. The highest BCUT2D eigenvalue weighted by Crippen LogP contribution is 2.14. The summed E-state index contributed by atoms with van der Waals surface area (Å²) >= 11 is 0. The van der Waals surface area contributed by atoms with E-state index in [1.807, 2.05) is 6.92 Å². The van der Waals surface area contributed by atoms with Gasteiger partial charge in [0.15, 0.2) is 0 Å². The summed E-state index contributed by atoms with van der Waals surface area (Å²) in [5.74, 6) is -0.128. The van der Waals surface area contributed by atoms with Gasteiger partial charge >= 0.3 is 6.18 Å². The van der Waals surface area contributed by atoms with Gasteiger partial charge in [-0.2, -0.15) is 13.2 Å². The number of aliphatic hydroxyl groups excluding tert-OH is 1. The van der Waals surface area contributed by atoms with Crippen LogP contribution in [0.2, 0.25) is 0 Å². The number of amides is 1. The molecule has 0 aromatic heterocycles. The zero-order valence-corrected chi connectivity index (χ0v) is 11.1. The standard InChI is InChI=1S/C12H22F3NO3/c1-2-3-10(4-6-17)8-16-11(18)5-7-19-9-12(13,14)15/h10,17H,2-9H2,1H3,(H,16,18). The Kier molecular flexibility index (Phi) is 9.59. The molecule has 0 aliphatic carbocycles. The molecule has 0 heterocycles. The van der Waals surface area contributed by atoms with Crippen LogP contribution in [0.3, 0.4) is 0 Å². The molecule has 1 unspecified atom stereocenters. The van der Waals surface area contributed by atoms with Crippen molar-refractivity contribution in [2.24, 2.45) is 5.92 Å². The van der Waals surface area contributed by atoms with Crippen LogP contribution in [0, 0.1) is 5.92 Å². The second kappa shape index (κ2) is 10.0. The molecule has 1 atom stereocenters. The first kappa shape index (κ1) is 18.2. The number of carbonyl (C=O) groups excluding carboxylic acids is 1. The predicted octanol–water partition coefficient (Wildman–Crippen LogP) is 1.87. The molecule has 0 aromatic rings. The number of aliphatic hydroxyl groups is 1. The van der Waals surface area contributed by atoms with Gasteiger partial charge in [-0.05, 0) is 18.8 Å². The minimum Gasteiger partial charge on any atom is -0.396 e. The zero-order chi connectivity index (χ0) is 14.7. The molecule has 0 aromatic carbocycles. The maximum Gasteiger partial charge on any atom is 0.411 e. The molecule has 19 heavy (non-hydrogen) atoms. The van der Waals surface area contributed by atoms with E-state index >= 15 is 0 Å². The summed E-state index contributed by atoms with van der Waals surface area (Å²) in [5.41, 5.74) is 0. The van der Waals surface area contributed by atoms with E-state index in [0.29, 0.717) is 13.0 Å². The lowest BCUT2D eigenvalue weighted by molar-refractivity contribution is -0.174. The molecule has 4 nitrogen and oxygen atoms in total. The molecular weight excluding hydrogens is 263 g/mol. The highest BCUT2D eigenvalue weighted by Gasteiger charge is 2.27. The van der Waals surface area contributed by atoms with Crippen LogP contribution in [0.15, 0.2) is 0 Å². The Morgan fingerprint density at radius 1 is 1.37 bits per heavy atom. The third-order valence-electron chi connectivity index (χ3n) is 2.56. The summed E-state index contributed by atoms with van der Waals surface area (Å²) < 4.78 is 39.6. The molecule has 1 amide bonds. The van der Waals surface area contributed by atoms with E-state index in [1.165, 1.54) is 0 Å². The molecule has 0 bridgehead atoms. The van der Waals surface area contributed by atoms with Crippen LogP contribution >= 0.6 is 0 Å². The Bertz CT molecular complexity index is 241. The number of ether oxygens (including phenoxy) is 1. The topological polar surface area (TPSA) is 58.6 Å². The lowest BCUT2D eigenvalue weighted by Crippen LogP contribution is -2.30. The normalized spacial score (nSPS) is 13.3. The highest BCUT2D eigenvalue weighted by molar-refractivity contribution is 5.75. The summed E-state index contributed by atoms with van der Waals surface area (Å²) in [7, 11) is 0. The fourth-order valence-electron chi connectivity index (χ4n) is 1.64. The van der Waals surface area contributed by atoms with Gasteiger partial charge in [-0.25, -0.2) is 0 Å². The van der Waals surface area contributed by atoms with Crippen molar-refractivity contribution in [3.63, 3.8) is 0 Å². The number of hydrogen-bond acceptors (Lipinski definition) is 3. The van der Waals surface area contributed by atoms with Gasteiger partial charge in [0.05, 0.1) is 6.61 Å². The van der Waals surface area contributed by atoms with E-state index in [4.69, 9.17) is 5.11 Å². The van der Waals surface area contributed by atoms with Crippen molar-refractivity contribution in [3.05, 3.63) is 0 Å². The van der Waals surface area contributed by atoms with Crippen LogP contribution in [0.25, 0.3) is 0 Å². The van der Waals surface area contributed by atoms with Crippen molar-refractivity contribution < 1.29 is 27.8 Å². The van der Waals surface area contributed by atoms with Crippen molar-refractivity contribution in [3.8, 4) is 0 Å². The van der Waals surface area contributed by atoms with Crippen LogP contribution in [0.4, 0.5) is 13.2 Å². The molecule has 114 valence electrons. The molecule has 0 saturated carbocycles. The van der Waals surface area contributed by atoms with Crippen molar-refractivity contribution in [1.82, 2.24) is 5.32 Å². The maximum atomic E-state index is 11.8. The monoisotopic (exact) mass is 285 g/mol. The van der Waals surface area contributed by atoms with E-state index in [-0.39, 0.29) is 31.5 Å². The average molecular weight is 285 g/mol.